The van der Waals surface area contributed by atoms with E-state index in [9.17, 15) is 4.79 Å². The Balaban J connectivity index is 1.43. The van der Waals surface area contributed by atoms with Gasteiger partial charge in [-0.1, -0.05) is 48.5 Å². The quantitative estimate of drug-likeness (QED) is 0.472. The lowest BCUT2D eigenvalue weighted by Gasteiger charge is -2.19. The summed E-state index contributed by atoms with van der Waals surface area (Å²) in [6, 6.07) is 23.3. The van der Waals surface area contributed by atoms with Crippen LogP contribution in [0, 0.1) is 0 Å². The fraction of sp³-hybridized carbons (Fsp3) is 0.174. The highest BCUT2D eigenvalue weighted by Gasteiger charge is 2.19. The van der Waals surface area contributed by atoms with Crippen molar-refractivity contribution in [2.45, 2.75) is 18.2 Å². The van der Waals surface area contributed by atoms with Gasteiger partial charge in [0.1, 0.15) is 5.82 Å². The first-order chi connectivity index (χ1) is 14.2. The molecule has 2 atom stereocenters. The van der Waals surface area contributed by atoms with Crippen LogP contribution in [0.1, 0.15) is 35.3 Å². The van der Waals surface area contributed by atoms with E-state index in [-0.39, 0.29) is 17.2 Å². The van der Waals surface area contributed by atoms with E-state index in [1.807, 2.05) is 72.8 Å². The summed E-state index contributed by atoms with van der Waals surface area (Å²) in [6.45, 7) is 2.06. The molecule has 0 saturated heterocycles. The minimum Gasteiger partial charge on any atom is -0.343 e. The highest BCUT2D eigenvalue weighted by Crippen LogP contribution is 2.28. The average molecular weight is 403 g/mol. The highest BCUT2D eigenvalue weighted by molar-refractivity contribution is 8.00. The van der Waals surface area contributed by atoms with Crippen LogP contribution in [-0.2, 0) is 4.79 Å². The number of aromatic amines is 1. The van der Waals surface area contributed by atoms with Gasteiger partial charge < -0.3 is 10.3 Å². The minimum absolute atomic E-state index is 0.0301. The largest absolute Gasteiger partial charge is 0.343 e. The molecule has 29 heavy (non-hydrogen) atoms. The molecule has 0 spiro atoms. The molecule has 6 heteroatoms. The van der Waals surface area contributed by atoms with Crippen LogP contribution in [0.3, 0.4) is 0 Å². The molecule has 0 fully saturated rings. The lowest BCUT2D eigenvalue weighted by atomic mass is 10.0. The molecule has 4 aromatic rings. The molecule has 5 nitrogen and oxygen atoms in total. The number of fused-ring (bicyclic) bond motifs is 1. The summed E-state index contributed by atoms with van der Waals surface area (Å²) >= 11 is 1.56. The summed E-state index contributed by atoms with van der Waals surface area (Å²) < 4.78 is 0. The molecule has 0 aliphatic heterocycles. The maximum atomic E-state index is 12.7. The predicted octanol–water partition coefficient (Wildman–Crippen LogP) is 4.66. The molecule has 4 rings (SSSR count). The number of nitrogens with zero attached hydrogens (tertiary/aromatic N) is 2. The molecule has 2 aromatic carbocycles. The maximum absolute atomic E-state index is 12.7. The smallest absolute Gasteiger partial charge is 0.230 e. The second-order valence-electron chi connectivity index (χ2n) is 6.76. The van der Waals surface area contributed by atoms with E-state index in [0.717, 1.165) is 28.1 Å². The van der Waals surface area contributed by atoms with Crippen LogP contribution in [-0.4, -0.2) is 26.6 Å². The number of hydrogen-bond acceptors (Lipinski definition) is 4. The van der Waals surface area contributed by atoms with Gasteiger partial charge in [-0.15, -0.1) is 11.8 Å². The van der Waals surface area contributed by atoms with Crippen molar-refractivity contribution in [3.05, 3.63) is 96.1 Å². The van der Waals surface area contributed by atoms with E-state index in [2.05, 4.69) is 27.2 Å². The monoisotopic (exact) mass is 402 g/mol. The number of H-pyrrole nitrogens is 1. The highest BCUT2D eigenvalue weighted by atomic mass is 32.2. The van der Waals surface area contributed by atoms with Crippen LogP contribution in [0.25, 0.3) is 11.0 Å². The molecule has 0 bridgehead atoms. The molecule has 0 radical (unpaired) electrons. The summed E-state index contributed by atoms with van der Waals surface area (Å²) in [5.41, 5.74) is 3.79. The third-order valence-corrected chi connectivity index (χ3v) is 5.83. The Kier molecular flexibility index (Phi) is 5.91. The van der Waals surface area contributed by atoms with Gasteiger partial charge in [0.2, 0.25) is 5.91 Å². The standard InChI is InChI=1S/C23H22N4OS/c1-16(23-25-18-11-5-6-12-19(18)26-23)29-15-21(28)27-22(17-9-3-2-4-10-17)20-13-7-8-14-24-20/h2-14,16,22H,15H2,1H3,(H,25,26)(H,27,28). The van der Waals surface area contributed by atoms with Crippen LogP contribution in [0.15, 0.2) is 79.0 Å². The van der Waals surface area contributed by atoms with Gasteiger partial charge >= 0.3 is 0 Å². The third kappa shape index (κ3) is 4.66. The Morgan fingerprint density at radius 1 is 1.03 bits per heavy atom. The number of carbonyl (C=O) groups is 1. The minimum atomic E-state index is -0.271. The fourth-order valence-electron chi connectivity index (χ4n) is 3.17. The Morgan fingerprint density at radius 2 is 1.79 bits per heavy atom. The van der Waals surface area contributed by atoms with Crippen molar-refractivity contribution in [2.75, 3.05) is 5.75 Å². The molecular weight excluding hydrogens is 380 g/mol. The topological polar surface area (TPSA) is 70.7 Å². The zero-order valence-electron chi connectivity index (χ0n) is 16.1. The summed E-state index contributed by atoms with van der Waals surface area (Å²) in [7, 11) is 0. The molecule has 1 amide bonds. The van der Waals surface area contributed by atoms with Gasteiger partial charge in [-0.2, -0.15) is 0 Å². The predicted molar refractivity (Wildman–Crippen MR) is 118 cm³/mol. The molecule has 2 N–H and O–H groups in total. The van der Waals surface area contributed by atoms with E-state index in [0.29, 0.717) is 5.75 Å². The van der Waals surface area contributed by atoms with Crippen LogP contribution < -0.4 is 5.32 Å². The van der Waals surface area contributed by atoms with Crippen molar-refractivity contribution in [3.63, 3.8) is 0 Å². The maximum Gasteiger partial charge on any atom is 0.230 e. The van der Waals surface area contributed by atoms with Crippen molar-refractivity contribution >= 4 is 28.7 Å². The number of amides is 1. The first-order valence-electron chi connectivity index (χ1n) is 9.52. The van der Waals surface area contributed by atoms with Gasteiger partial charge in [-0.3, -0.25) is 9.78 Å². The number of imidazole rings is 1. The first kappa shape index (κ1) is 19.2. The number of pyridine rings is 1. The number of para-hydroxylation sites is 2. The van der Waals surface area contributed by atoms with Crippen molar-refractivity contribution < 1.29 is 4.79 Å². The summed E-state index contributed by atoms with van der Waals surface area (Å²) in [5.74, 6) is 1.19. The van der Waals surface area contributed by atoms with Crippen LogP contribution in [0.2, 0.25) is 0 Å². The van der Waals surface area contributed by atoms with E-state index in [1.54, 1.807) is 18.0 Å². The van der Waals surface area contributed by atoms with Crippen LogP contribution in [0.4, 0.5) is 0 Å². The number of aromatic nitrogens is 3. The zero-order chi connectivity index (χ0) is 20.1. The fourth-order valence-corrected chi connectivity index (χ4v) is 3.92. The number of rotatable bonds is 7. The zero-order valence-corrected chi connectivity index (χ0v) is 16.9. The van der Waals surface area contributed by atoms with Crippen molar-refractivity contribution in [1.82, 2.24) is 20.3 Å². The van der Waals surface area contributed by atoms with E-state index < -0.39 is 0 Å². The lowest BCUT2D eigenvalue weighted by Crippen LogP contribution is -2.31. The van der Waals surface area contributed by atoms with Gasteiger partial charge in [0.15, 0.2) is 0 Å². The Morgan fingerprint density at radius 3 is 2.55 bits per heavy atom. The molecule has 0 saturated carbocycles. The number of benzene rings is 2. The molecule has 0 aliphatic rings. The number of thioether (sulfide) groups is 1. The van der Waals surface area contributed by atoms with Gasteiger partial charge in [-0.05, 0) is 36.8 Å². The number of hydrogen-bond donors (Lipinski definition) is 2. The van der Waals surface area contributed by atoms with Crippen molar-refractivity contribution in [3.8, 4) is 0 Å². The lowest BCUT2D eigenvalue weighted by molar-refractivity contribution is -0.119. The SMILES string of the molecule is CC(SCC(=O)NC(c1ccccc1)c1ccccn1)c1nc2ccccc2[nH]1. The number of nitrogens with one attached hydrogen (secondary N) is 2. The van der Waals surface area contributed by atoms with Crippen LogP contribution >= 0.6 is 11.8 Å². The van der Waals surface area contributed by atoms with E-state index >= 15 is 0 Å². The molecule has 146 valence electrons. The van der Waals surface area contributed by atoms with Crippen molar-refractivity contribution in [1.29, 1.82) is 0 Å². The second kappa shape index (κ2) is 8.92. The number of carbonyl (C=O) groups excluding carboxylic acids is 1. The third-order valence-electron chi connectivity index (χ3n) is 4.68. The average Bonchev–Trinajstić information content (AvgIpc) is 3.21. The summed E-state index contributed by atoms with van der Waals surface area (Å²) in [6.07, 6.45) is 1.75. The van der Waals surface area contributed by atoms with E-state index in [1.165, 1.54) is 0 Å². The van der Waals surface area contributed by atoms with Gasteiger partial charge in [-0.25, -0.2) is 4.98 Å². The molecule has 0 aliphatic carbocycles. The second-order valence-corrected chi connectivity index (χ2v) is 8.09. The van der Waals surface area contributed by atoms with Gasteiger partial charge in [0.05, 0.1) is 33.8 Å². The molecule has 2 aromatic heterocycles. The van der Waals surface area contributed by atoms with Crippen molar-refractivity contribution in [2.24, 2.45) is 0 Å². The Labute approximate surface area is 174 Å². The Bertz CT molecular complexity index is 1010. The molecular formula is C23H22N4OS. The van der Waals surface area contributed by atoms with Crippen LogP contribution in [0.5, 0.6) is 0 Å². The normalized spacial score (nSPS) is 13.1. The molecule has 2 unspecified atom stereocenters. The van der Waals surface area contributed by atoms with Gasteiger partial charge in [0.25, 0.3) is 0 Å². The van der Waals surface area contributed by atoms with E-state index in [4.69, 9.17) is 0 Å². The van der Waals surface area contributed by atoms with Gasteiger partial charge in [0, 0.05) is 6.20 Å². The first-order valence-corrected chi connectivity index (χ1v) is 10.6. The Hall–Kier alpha value is -3.12. The summed E-state index contributed by atoms with van der Waals surface area (Å²) in [4.78, 5) is 25.1. The summed E-state index contributed by atoms with van der Waals surface area (Å²) in [5, 5.41) is 3.21. The molecule has 2 heterocycles.